The number of imidazole rings is 1. The van der Waals surface area contributed by atoms with Crippen LogP contribution in [0.1, 0.15) is 29.2 Å². The Morgan fingerprint density at radius 2 is 1.83 bits per heavy atom. The number of aromatic nitrogens is 2. The maximum atomic E-state index is 13.3. The number of aryl methyl sites for hydroxylation is 2. The Bertz CT molecular complexity index is 1680. The summed E-state index contributed by atoms with van der Waals surface area (Å²) < 4.78 is 16.3. The van der Waals surface area contributed by atoms with Crippen LogP contribution in [0, 0.1) is 17.4 Å². The summed E-state index contributed by atoms with van der Waals surface area (Å²) in [6, 6.07) is 16.1. The van der Waals surface area contributed by atoms with Crippen molar-refractivity contribution in [2.75, 3.05) is 6.61 Å². The van der Waals surface area contributed by atoms with Gasteiger partial charge in [0.05, 0.1) is 26.6 Å². The molecule has 0 bridgehead atoms. The molecule has 8 heteroatoms. The largest absolute Gasteiger partial charge is 0.490 e. The van der Waals surface area contributed by atoms with E-state index in [0.29, 0.717) is 34.2 Å². The molecule has 0 saturated heterocycles. The van der Waals surface area contributed by atoms with Gasteiger partial charge in [0.15, 0.2) is 16.5 Å². The summed E-state index contributed by atoms with van der Waals surface area (Å²) >= 11 is 7.32. The minimum atomic E-state index is -0.0659. The molecule has 2 aromatic heterocycles. The monoisotopic (exact) mass is 660 g/mol. The molecule has 178 valence electrons. The van der Waals surface area contributed by atoms with Crippen LogP contribution in [-0.2, 0) is 6.61 Å². The molecule has 0 aliphatic carbocycles. The molecular formula is C27H22BrIN2O3S. The molecule has 0 aliphatic heterocycles. The highest BCUT2D eigenvalue weighted by Crippen LogP contribution is 2.37. The smallest absolute Gasteiger partial charge is 0.274 e. The van der Waals surface area contributed by atoms with E-state index in [9.17, 15) is 4.79 Å². The maximum absolute atomic E-state index is 13.3. The Kier molecular flexibility index (Phi) is 6.87. The zero-order valence-electron chi connectivity index (χ0n) is 19.4. The van der Waals surface area contributed by atoms with Crippen LogP contribution in [0.5, 0.6) is 11.5 Å². The van der Waals surface area contributed by atoms with Gasteiger partial charge in [-0.3, -0.25) is 4.79 Å². The van der Waals surface area contributed by atoms with Gasteiger partial charge in [0.2, 0.25) is 0 Å². The van der Waals surface area contributed by atoms with Gasteiger partial charge in [0, 0.05) is 3.57 Å². The second-order valence-electron chi connectivity index (χ2n) is 8.25. The molecule has 35 heavy (non-hydrogen) atoms. The highest BCUT2D eigenvalue weighted by molar-refractivity contribution is 14.1. The van der Waals surface area contributed by atoms with Crippen LogP contribution in [0.25, 0.3) is 22.1 Å². The van der Waals surface area contributed by atoms with Gasteiger partial charge in [-0.25, -0.2) is 9.38 Å². The predicted octanol–water partition coefficient (Wildman–Crippen LogP) is 6.42. The zero-order chi connectivity index (χ0) is 24.7. The molecule has 0 radical (unpaired) electrons. The Balaban J connectivity index is 1.53. The van der Waals surface area contributed by atoms with E-state index in [1.807, 2.05) is 56.3 Å². The standard InChI is InChI=1S/C27H22BrIN2O3S/c1-4-33-23-12-18(11-20(28)25(23)34-14-17-5-7-19(29)8-6-17)13-24-26(32)31-22-10-16(3)15(2)9-21(22)30-27(31)35-24/h5-13H,4,14H2,1-3H3/b24-13-. The van der Waals surface area contributed by atoms with Gasteiger partial charge in [0.1, 0.15) is 6.61 Å². The van der Waals surface area contributed by atoms with Crippen molar-refractivity contribution in [3.05, 3.63) is 93.7 Å². The van der Waals surface area contributed by atoms with Gasteiger partial charge in [-0.2, -0.15) is 0 Å². The van der Waals surface area contributed by atoms with Gasteiger partial charge in [0.25, 0.3) is 5.56 Å². The fourth-order valence-electron chi connectivity index (χ4n) is 3.88. The molecular weight excluding hydrogens is 639 g/mol. The molecule has 3 aromatic carbocycles. The van der Waals surface area contributed by atoms with Crippen LogP contribution in [-0.4, -0.2) is 16.0 Å². The van der Waals surface area contributed by atoms with Crippen molar-refractivity contribution in [1.82, 2.24) is 9.38 Å². The van der Waals surface area contributed by atoms with Crippen LogP contribution < -0.4 is 19.6 Å². The van der Waals surface area contributed by atoms with Gasteiger partial charge in [-0.05, 0) is 124 Å². The molecule has 0 spiro atoms. The summed E-state index contributed by atoms with van der Waals surface area (Å²) in [5.74, 6) is 1.27. The van der Waals surface area contributed by atoms with Crippen molar-refractivity contribution < 1.29 is 9.47 Å². The molecule has 5 rings (SSSR count). The Hall–Kier alpha value is -2.43. The molecule has 0 aliphatic rings. The van der Waals surface area contributed by atoms with Crippen LogP contribution in [0.3, 0.4) is 0 Å². The number of benzene rings is 3. The van der Waals surface area contributed by atoms with E-state index < -0.39 is 0 Å². The lowest BCUT2D eigenvalue weighted by Crippen LogP contribution is -2.22. The predicted molar refractivity (Wildman–Crippen MR) is 154 cm³/mol. The minimum Gasteiger partial charge on any atom is -0.490 e. The third kappa shape index (κ3) is 4.83. The summed E-state index contributed by atoms with van der Waals surface area (Å²) in [6.07, 6.45) is 1.88. The summed E-state index contributed by atoms with van der Waals surface area (Å²) in [5.41, 5.74) is 5.86. The van der Waals surface area contributed by atoms with Crippen molar-refractivity contribution in [2.24, 2.45) is 0 Å². The number of rotatable bonds is 6. The summed E-state index contributed by atoms with van der Waals surface area (Å²) in [7, 11) is 0. The highest BCUT2D eigenvalue weighted by Gasteiger charge is 2.15. The molecule has 0 unspecified atom stereocenters. The second-order valence-corrected chi connectivity index (χ2v) is 11.4. The third-order valence-corrected chi connectivity index (χ3v) is 8.06. The van der Waals surface area contributed by atoms with E-state index in [4.69, 9.17) is 9.47 Å². The highest BCUT2D eigenvalue weighted by atomic mass is 127. The lowest BCUT2D eigenvalue weighted by molar-refractivity contribution is 0.267. The van der Waals surface area contributed by atoms with E-state index in [2.05, 4.69) is 62.6 Å². The van der Waals surface area contributed by atoms with Crippen LogP contribution in [0.4, 0.5) is 0 Å². The van der Waals surface area contributed by atoms with Crippen molar-refractivity contribution in [1.29, 1.82) is 0 Å². The second kappa shape index (κ2) is 9.91. The van der Waals surface area contributed by atoms with E-state index in [-0.39, 0.29) is 5.56 Å². The van der Waals surface area contributed by atoms with Crippen LogP contribution in [0.15, 0.2) is 57.8 Å². The van der Waals surface area contributed by atoms with Crippen molar-refractivity contribution in [3.8, 4) is 11.5 Å². The minimum absolute atomic E-state index is 0.0659. The molecule has 0 fully saturated rings. The van der Waals surface area contributed by atoms with E-state index in [0.717, 1.165) is 32.2 Å². The number of hydrogen-bond acceptors (Lipinski definition) is 5. The lowest BCUT2D eigenvalue weighted by atomic mass is 10.1. The number of nitrogens with zero attached hydrogens (tertiary/aromatic N) is 2. The Labute approximate surface area is 228 Å². The first-order chi connectivity index (χ1) is 16.8. The molecule has 2 heterocycles. The molecule has 0 saturated carbocycles. The van der Waals surface area contributed by atoms with Crippen molar-refractivity contribution >= 4 is 71.9 Å². The SMILES string of the molecule is CCOc1cc(/C=c2\sc3nc4cc(C)c(C)cc4n3c2=O)cc(Br)c1OCc1ccc(I)cc1. The number of thiazole rings is 1. The van der Waals surface area contributed by atoms with E-state index in [1.165, 1.54) is 20.5 Å². The molecule has 0 atom stereocenters. The van der Waals surface area contributed by atoms with Gasteiger partial charge < -0.3 is 9.47 Å². The molecule has 0 amide bonds. The zero-order valence-corrected chi connectivity index (χ0v) is 24.0. The van der Waals surface area contributed by atoms with E-state index in [1.54, 1.807) is 4.40 Å². The van der Waals surface area contributed by atoms with Crippen molar-refractivity contribution in [3.63, 3.8) is 0 Å². The van der Waals surface area contributed by atoms with Gasteiger partial charge in [-0.1, -0.05) is 23.5 Å². The summed E-state index contributed by atoms with van der Waals surface area (Å²) in [6.45, 7) is 6.97. The topological polar surface area (TPSA) is 52.8 Å². The summed E-state index contributed by atoms with van der Waals surface area (Å²) in [4.78, 5) is 18.7. The quantitative estimate of drug-likeness (QED) is 0.197. The normalized spacial score (nSPS) is 12.1. The number of ether oxygens (including phenoxy) is 2. The number of fused-ring (bicyclic) bond motifs is 3. The molecule has 5 nitrogen and oxygen atoms in total. The number of hydrogen-bond donors (Lipinski definition) is 0. The van der Waals surface area contributed by atoms with Crippen molar-refractivity contribution in [2.45, 2.75) is 27.4 Å². The van der Waals surface area contributed by atoms with Crippen LogP contribution >= 0.6 is 49.9 Å². The average molecular weight is 661 g/mol. The first-order valence-electron chi connectivity index (χ1n) is 11.1. The molecule has 5 aromatic rings. The van der Waals surface area contributed by atoms with Crippen LogP contribution in [0.2, 0.25) is 0 Å². The Morgan fingerprint density at radius 3 is 2.57 bits per heavy atom. The summed E-state index contributed by atoms with van der Waals surface area (Å²) in [5, 5.41) is 0. The van der Waals surface area contributed by atoms with E-state index >= 15 is 0 Å². The average Bonchev–Trinajstić information content (AvgIpc) is 3.30. The lowest BCUT2D eigenvalue weighted by Gasteiger charge is -2.15. The fraction of sp³-hybridized carbons (Fsp3) is 0.185. The van der Waals surface area contributed by atoms with Gasteiger partial charge >= 0.3 is 0 Å². The Morgan fingerprint density at radius 1 is 1.09 bits per heavy atom. The first kappa shape index (κ1) is 24.3. The first-order valence-corrected chi connectivity index (χ1v) is 13.8. The fourth-order valence-corrected chi connectivity index (χ4v) is 5.80. The van der Waals surface area contributed by atoms with Gasteiger partial charge in [-0.15, -0.1) is 0 Å². The number of halogens is 2. The third-order valence-electron chi connectivity index (χ3n) is 5.78. The maximum Gasteiger partial charge on any atom is 0.274 e. The molecule has 0 N–H and O–H groups in total.